The molecule has 0 radical (unpaired) electrons. The Morgan fingerprint density at radius 3 is 2.88 bits per heavy atom. The van der Waals surface area contributed by atoms with Crippen molar-refractivity contribution >= 4 is 17.7 Å². The van der Waals surface area contributed by atoms with Gasteiger partial charge in [0.15, 0.2) is 0 Å². The predicted molar refractivity (Wildman–Crippen MR) is 66.5 cm³/mol. The van der Waals surface area contributed by atoms with Crippen molar-refractivity contribution in [1.29, 1.82) is 0 Å². The van der Waals surface area contributed by atoms with E-state index in [9.17, 15) is 4.79 Å². The van der Waals surface area contributed by atoms with Crippen molar-refractivity contribution in [2.75, 3.05) is 5.75 Å². The second-order valence-corrected chi connectivity index (χ2v) is 6.84. The van der Waals surface area contributed by atoms with Gasteiger partial charge in [-0.15, -0.1) is 11.8 Å². The number of nitrogens with one attached hydrogen (secondary N) is 1. The highest BCUT2D eigenvalue weighted by atomic mass is 32.2. The molecule has 0 bridgehead atoms. The van der Waals surface area contributed by atoms with E-state index >= 15 is 0 Å². The van der Waals surface area contributed by atoms with Crippen molar-refractivity contribution in [3.8, 4) is 0 Å². The van der Waals surface area contributed by atoms with Crippen molar-refractivity contribution in [1.82, 2.24) is 5.32 Å². The van der Waals surface area contributed by atoms with Gasteiger partial charge in [-0.1, -0.05) is 26.7 Å². The molecular weight excluding hydrogens is 222 g/mol. The van der Waals surface area contributed by atoms with Crippen molar-refractivity contribution in [3.63, 3.8) is 0 Å². The minimum atomic E-state index is -0.698. The van der Waals surface area contributed by atoms with Crippen LogP contribution in [-0.2, 0) is 4.79 Å². The third-order valence-electron chi connectivity index (χ3n) is 3.95. The Kier molecular flexibility index (Phi) is 3.50. The highest BCUT2D eigenvalue weighted by Crippen LogP contribution is 2.46. The predicted octanol–water partition coefficient (Wildman–Crippen LogP) is 2.32. The largest absolute Gasteiger partial charge is 0.480 e. The summed E-state index contributed by atoms with van der Waals surface area (Å²) in [7, 11) is 0. The quantitative estimate of drug-likeness (QED) is 0.781. The number of carboxylic acid groups (broad SMARTS) is 1. The van der Waals surface area contributed by atoms with Crippen LogP contribution in [0.2, 0.25) is 0 Å². The molecule has 2 fully saturated rings. The molecule has 0 aromatic heterocycles. The van der Waals surface area contributed by atoms with E-state index in [0.29, 0.717) is 5.92 Å². The number of hydrogen-bond donors (Lipinski definition) is 2. The molecule has 2 N–H and O–H groups in total. The van der Waals surface area contributed by atoms with Gasteiger partial charge in [-0.05, 0) is 24.7 Å². The number of hydrogen-bond acceptors (Lipinski definition) is 3. The molecule has 1 heterocycles. The molecule has 3 nitrogen and oxygen atoms in total. The fourth-order valence-corrected chi connectivity index (χ4v) is 4.44. The number of aliphatic carboxylic acids is 1. The monoisotopic (exact) mass is 243 g/mol. The zero-order valence-electron chi connectivity index (χ0n) is 10.0. The van der Waals surface area contributed by atoms with Crippen LogP contribution in [0.1, 0.15) is 39.5 Å². The average molecular weight is 243 g/mol. The molecule has 2 rings (SSSR count). The summed E-state index contributed by atoms with van der Waals surface area (Å²) in [6, 6.07) is -0.337. The first-order chi connectivity index (χ1) is 7.52. The van der Waals surface area contributed by atoms with Gasteiger partial charge in [0, 0.05) is 5.75 Å². The van der Waals surface area contributed by atoms with Crippen LogP contribution in [0.4, 0.5) is 0 Å². The Morgan fingerprint density at radius 1 is 1.56 bits per heavy atom. The van der Waals surface area contributed by atoms with Crippen molar-refractivity contribution in [2.45, 2.75) is 50.4 Å². The number of carbonyl (C=O) groups is 1. The molecule has 0 aromatic rings. The van der Waals surface area contributed by atoms with E-state index in [0.717, 1.165) is 24.5 Å². The van der Waals surface area contributed by atoms with Gasteiger partial charge in [-0.25, -0.2) is 0 Å². The molecule has 0 aromatic carbocycles. The average Bonchev–Trinajstić information content (AvgIpc) is 2.62. The van der Waals surface area contributed by atoms with E-state index in [1.54, 1.807) is 0 Å². The van der Waals surface area contributed by atoms with Crippen molar-refractivity contribution in [2.24, 2.45) is 11.8 Å². The molecule has 1 saturated carbocycles. The number of rotatable bonds is 2. The van der Waals surface area contributed by atoms with Crippen molar-refractivity contribution < 1.29 is 9.90 Å². The van der Waals surface area contributed by atoms with Crippen molar-refractivity contribution in [3.05, 3.63) is 0 Å². The fraction of sp³-hybridized carbons (Fsp3) is 0.917. The first-order valence-electron chi connectivity index (χ1n) is 6.17. The first-order valence-corrected chi connectivity index (χ1v) is 7.15. The Balaban J connectivity index is 2.01. The van der Waals surface area contributed by atoms with Crippen LogP contribution in [0.5, 0.6) is 0 Å². The topological polar surface area (TPSA) is 49.3 Å². The maximum absolute atomic E-state index is 11.0. The molecule has 3 atom stereocenters. The van der Waals surface area contributed by atoms with Crippen LogP contribution in [0.3, 0.4) is 0 Å². The van der Waals surface area contributed by atoms with Gasteiger partial charge < -0.3 is 5.11 Å². The number of carboxylic acids is 1. The van der Waals surface area contributed by atoms with Crippen LogP contribution in [-0.4, -0.2) is 27.7 Å². The highest BCUT2D eigenvalue weighted by Gasteiger charge is 2.45. The summed E-state index contributed by atoms with van der Waals surface area (Å²) < 4.78 is 0. The van der Waals surface area contributed by atoms with Gasteiger partial charge in [0.05, 0.1) is 4.87 Å². The van der Waals surface area contributed by atoms with Crippen LogP contribution in [0.15, 0.2) is 0 Å². The summed E-state index contributed by atoms with van der Waals surface area (Å²) in [5, 5.41) is 12.4. The molecule has 1 spiro atoms. The molecule has 0 amide bonds. The second-order valence-electron chi connectivity index (χ2n) is 5.44. The number of thioether (sulfide) groups is 1. The molecule has 92 valence electrons. The lowest BCUT2D eigenvalue weighted by Gasteiger charge is -2.39. The van der Waals surface area contributed by atoms with E-state index < -0.39 is 5.97 Å². The molecule has 1 saturated heterocycles. The standard InChI is InChI=1S/C12H21NO2S/c1-8(2)9-4-3-5-12(6-9)13-10(7-16-12)11(14)15/h8-10,13H,3-7H2,1-2H3,(H,14,15)/t9?,10-,12?/m1/s1. The Labute approximate surface area is 101 Å². The van der Waals surface area contributed by atoms with Gasteiger partial charge in [-0.3, -0.25) is 10.1 Å². The molecule has 1 aliphatic carbocycles. The minimum absolute atomic E-state index is 0.0657. The zero-order valence-corrected chi connectivity index (χ0v) is 10.8. The van der Waals surface area contributed by atoms with E-state index in [2.05, 4.69) is 19.2 Å². The molecular formula is C12H21NO2S. The normalized spacial score (nSPS) is 39.4. The van der Waals surface area contributed by atoms with Gasteiger partial charge in [0.2, 0.25) is 0 Å². The molecule has 2 unspecified atom stereocenters. The maximum atomic E-state index is 11.0. The summed E-state index contributed by atoms with van der Waals surface area (Å²) in [6.07, 6.45) is 4.80. The van der Waals surface area contributed by atoms with Gasteiger partial charge in [0.1, 0.15) is 6.04 Å². The Hall–Kier alpha value is -0.220. The summed E-state index contributed by atoms with van der Waals surface area (Å²) >= 11 is 1.83. The Bertz CT molecular complexity index is 282. The fourth-order valence-electron chi connectivity index (χ4n) is 2.89. The lowest BCUT2D eigenvalue weighted by Crippen LogP contribution is -2.48. The van der Waals surface area contributed by atoms with Gasteiger partial charge in [0.25, 0.3) is 0 Å². The third-order valence-corrected chi connectivity index (χ3v) is 5.49. The minimum Gasteiger partial charge on any atom is -0.480 e. The first kappa shape index (κ1) is 12.2. The zero-order chi connectivity index (χ0) is 11.8. The van der Waals surface area contributed by atoms with E-state index in [1.165, 1.54) is 12.8 Å². The second kappa shape index (κ2) is 4.57. The van der Waals surface area contributed by atoms with Crippen LogP contribution < -0.4 is 5.32 Å². The van der Waals surface area contributed by atoms with Crippen LogP contribution >= 0.6 is 11.8 Å². The summed E-state index contributed by atoms with van der Waals surface area (Å²) in [4.78, 5) is 11.0. The smallest absolute Gasteiger partial charge is 0.321 e. The van der Waals surface area contributed by atoms with Crippen LogP contribution in [0, 0.1) is 11.8 Å². The van der Waals surface area contributed by atoms with Gasteiger partial charge in [-0.2, -0.15) is 0 Å². The highest BCUT2D eigenvalue weighted by molar-refractivity contribution is 8.00. The lowest BCUT2D eigenvalue weighted by molar-refractivity contribution is -0.139. The molecule has 4 heteroatoms. The van der Waals surface area contributed by atoms with E-state index in [1.807, 2.05) is 11.8 Å². The summed E-state index contributed by atoms with van der Waals surface area (Å²) in [5.74, 6) is 1.49. The lowest BCUT2D eigenvalue weighted by atomic mass is 9.79. The SMILES string of the molecule is CC(C)C1CCCC2(C1)N[C@@H](C(=O)O)CS2. The van der Waals surface area contributed by atoms with E-state index in [-0.39, 0.29) is 10.9 Å². The molecule has 16 heavy (non-hydrogen) atoms. The van der Waals surface area contributed by atoms with E-state index in [4.69, 9.17) is 5.11 Å². The summed E-state index contributed by atoms with van der Waals surface area (Å²) in [5.41, 5.74) is 0. The summed E-state index contributed by atoms with van der Waals surface area (Å²) in [6.45, 7) is 4.55. The molecule has 1 aliphatic heterocycles. The van der Waals surface area contributed by atoms with Crippen LogP contribution in [0.25, 0.3) is 0 Å². The maximum Gasteiger partial charge on any atom is 0.321 e. The van der Waals surface area contributed by atoms with Gasteiger partial charge >= 0.3 is 5.97 Å². The third kappa shape index (κ3) is 2.38. The molecule has 2 aliphatic rings. The Morgan fingerprint density at radius 2 is 2.31 bits per heavy atom.